The molecule has 0 fully saturated rings. The molecule has 0 amide bonds. The predicted molar refractivity (Wildman–Crippen MR) is 73.7 cm³/mol. The second kappa shape index (κ2) is 4.52. The highest BCUT2D eigenvalue weighted by Gasteiger charge is 2.18. The second-order valence-electron chi connectivity index (χ2n) is 6.07. The maximum absolute atomic E-state index is 4.77. The first-order valence-electron chi connectivity index (χ1n) is 6.32. The van der Waals surface area contributed by atoms with Gasteiger partial charge in [-0.05, 0) is 23.5 Å². The van der Waals surface area contributed by atoms with Crippen molar-refractivity contribution in [3.05, 3.63) is 29.8 Å². The van der Waals surface area contributed by atoms with E-state index in [2.05, 4.69) is 57.0 Å². The molecule has 92 valence electrons. The smallest absolute Gasteiger partial charge is 0.105 e. The van der Waals surface area contributed by atoms with Crippen molar-refractivity contribution in [2.75, 3.05) is 7.05 Å². The van der Waals surface area contributed by atoms with Crippen LogP contribution < -0.4 is 0 Å². The summed E-state index contributed by atoms with van der Waals surface area (Å²) >= 11 is 0. The first-order chi connectivity index (χ1) is 7.96. The summed E-state index contributed by atoms with van der Waals surface area (Å²) in [4.78, 5) is 7.04. The van der Waals surface area contributed by atoms with Crippen LogP contribution in [0.4, 0.5) is 5.69 Å². The normalized spacial score (nSPS) is 15.5. The van der Waals surface area contributed by atoms with Gasteiger partial charge in [0.15, 0.2) is 0 Å². The van der Waals surface area contributed by atoms with E-state index in [9.17, 15) is 0 Å². The Hall–Kier alpha value is -1.31. The second-order valence-corrected chi connectivity index (χ2v) is 6.07. The largest absolute Gasteiger partial charge is 0.359 e. The molecule has 0 radical (unpaired) electrons. The fraction of sp³-hybridized carbons (Fsp3) is 0.533. The van der Waals surface area contributed by atoms with E-state index in [4.69, 9.17) is 4.99 Å². The van der Waals surface area contributed by atoms with Crippen LogP contribution in [-0.2, 0) is 6.54 Å². The van der Waals surface area contributed by atoms with Gasteiger partial charge in [0.05, 0.1) is 5.69 Å². The highest BCUT2D eigenvalue weighted by molar-refractivity contribution is 5.86. The number of amidine groups is 1. The Kier molecular flexibility index (Phi) is 3.23. The molecule has 17 heavy (non-hydrogen) atoms. The number of aliphatic imine (C=N–C) groups is 1. The van der Waals surface area contributed by atoms with Crippen molar-refractivity contribution in [1.82, 2.24) is 4.90 Å². The lowest BCUT2D eigenvalue weighted by atomic mass is 9.90. The third kappa shape index (κ3) is 3.09. The van der Waals surface area contributed by atoms with Crippen LogP contribution in [0.3, 0.4) is 0 Å². The van der Waals surface area contributed by atoms with Gasteiger partial charge in [0.25, 0.3) is 0 Å². The molecule has 1 aromatic rings. The number of nitrogens with zero attached hydrogens (tertiary/aromatic N) is 2. The SMILES string of the molecule is CN1Cc2ccccc2N=C1CCC(C)(C)C. The quantitative estimate of drug-likeness (QED) is 0.750. The highest BCUT2D eigenvalue weighted by atomic mass is 15.2. The molecule has 0 aromatic heterocycles. The molecule has 1 aliphatic heterocycles. The molecule has 0 spiro atoms. The summed E-state index contributed by atoms with van der Waals surface area (Å²) in [5.74, 6) is 1.22. The molecule has 0 saturated carbocycles. The average Bonchev–Trinajstić information content (AvgIpc) is 2.25. The van der Waals surface area contributed by atoms with Crippen molar-refractivity contribution in [3.63, 3.8) is 0 Å². The van der Waals surface area contributed by atoms with Gasteiger partial charge in [-0.1, -0.05) is 39.0 Å². The molecule has 2 heteroatoms. The van der Waals surface area contributed by atoms with E-state index in [1.807, 2.05) is 0 Å². The van der Waals surface area contributed by atoms with Crippen molar-refractivity contribution in [2.24, 2.45) is 10.4 Å². The first kappa shape index (κ1) is 12.2. The number of hydrogen-bond donors (Lipinski definition) is 0. The number of fused-ring (bicyclic) bond motifs is 1. The van der Waals surface area contributed by atoms with Crippen LogP contribution in [0.5, 0.6) is 0 Å². The van der Waals surface area contributed by atoms with Gasteiger partial charge in [-0.2, -0.15) is 0 Å². The van der Waals surface area contributed by atoms with Crippen molar-refractivity contribution in [1.29, 1.82) is 0 Å². The summed E-state index contributed by atoms with van der Waals surface area (Å²) in [7, 11) is 2.14. The zero-order valence-corrected chi connectivity index (χ0v) is 11.3. The van der Waals surface area contributed by atoms with E-state index in [1.165, 1.54) is 17.8 Å². The molecule has 0 N–H and O–H groups in total. The van der Waals surface area contributed by atoms with Gasteiger partial charge in [0.2, 0.25) is 0 Å². The van der Waals surface area contributed by atoms with Gasteiger partial charge in [-0.25, -0.2) is 4.99 Å². The molecular weight excluding hydrogens is 208 g/mol. The Morgan fingerprint density at radius 2 is 1.94 bits per heavy atom. The molecule has 2 rings (SSSR count). The molecule has 1 heterocycles. The van der Waals surface area contributed by atoms with Crippen LogP contribution in [0.1, 0.15) is 39.2 Å². The number of rotatable bonds is 2. The molecule has 0 saturated heterocycles. The monoisotopic (exact) mass is 230 g/mol. The van der Waals surface area contributed by atoms with Crippen LogP contribution in [0.25, 0.3) is 0 Å². The number of benzene rings is 1. The van der Waals surface area contributed by atoms with Gasteiger partial charge >= 0.3 is 0 Å². The van der Waals surface area contributed by atoms with Crippen molar-refractivity contribution >= 4 is 11.5 Å². The Labute approximate surface area is 104 Å². The maximum Gasteiger partial charge on any atom is 0.105 e. The summed E-state index contributed by atoms with van der Waals surface area (Å²) in [6, 6.07) is 8.42. The Morgan fingerprint density at radius 3 is 2.65 bits per heavy atom. The third-order valence-corrected chi connectivity index (χ3v) is 3.19. The summed E-state index contributed by atoms with van der Waals surface area (Å²) in [6.45, 7) is 7.83. The Morgan fingerprint density at radius 1 is 1.24 bits per heavy atom. The predicted octanol–water partition coefficient (Wildman–Crippen LogP) is 3.99. The van der Waals surface area contributed by atoms with E-state index < -0.39 is 0 Å². The topological polar surface area (TPSA) is 15.6 Å². The fourth-order valence-electron chi connectivity index (χ4n) is 2.06. The van der Waals surface area contributed by atoms with E-state index in [0.29, 0.717) is 5.41 Å². The van der Waals surface area contributed by atoms with Crippen molar-refractivity contribution in [3.8, 4) is 0 Å². The number of hydrogen-bond acceptors (Lipinski definition) is 2. The summed E-state index contributed by atoms with van der Waals surface area (Å²) in [6.07, 6.45) is 2.24. The first-order valence-corrected chi connectivity index (χ1v) is 6.32. The van der Waals surface area contributed by atoms with E-state index in [-0.39, 0.29) is 0 Å². The average molecular weight is 230 g/mol. The van der Waals surface area contributed by atoms with Crippen LogP contribution in [0.2, 0.25) is 0 Å². The minimum atomic E-state index is 0.375. The van der Waals surface area contributed by atoms with Crippen LogP contribution in [0.15, 0.2) is 29.3 Å². The summed E-state index contributed by atoms with van der Waals surface area (Å²) < 4.78 is 0. The van der Waals surface area contributed by atoms with Crippen LogP contribution in [0, 0.1) is 5.41 Å². The van der Waals surface area contributed by atoms with Gasteiger partial charge < -0.3 is 4.90 Å². The highest BCUT2D eigenvalue weighted by Crippen LogP contribution is 2.28. The Balaban J connectivity index is 2.15. The lowest BCUT2D eigenvalue weighted by molar-refractivity contribution is 0.373. The molecule has 0 bridgehead atoms. The zero-order valence-electron chi connectivity index (χ0n) is 11.3. The Bertz CT molecular complexity index is 427. The van der Waals surface area contributed by atoms with Crippen LogP contribution >= 0.6 is 0 Å². The maximum atomic E-state index is 4.77. The summed E-state index contributed by atoms with van der Waals surface area (Å²) in [5, 5.41) is 0. The lowest BCUT2D eigenvalue weighted by Crippen LogP contribution is -2.29. The van der Waals surface area contributed by atoms with Gasteiger partial charge in [0, 0.05) is 20.0 Å². The minimum absolute atomic E-state index is 0.375. The van der Waals surface area contributed by atoms with Crippen molar-refractivity contribution in [2.45, 2.75) is 40.2 Å². The van der Waals surface area contributed by atoms with Gasteiger partial charge in [-0.3, -0.25) is 0 Å². The molecule has 1 aliphatic rings. The minimum Gasteiger partial charge on any atom is -0.359 e. The zero-order chi connectivity index (χ0) is 12.5. The summed E-state index contributed by atoms with van der Waals surface area (Å²) in [5.41, 5.74) is 2.85. The van der Waals surface area contributed by atoms with E-state index >= 15 is 0 Å². The molecular formula is C15H22N2. The number of para-hydroxylation sites is 1. The van der Waals surface area contributed by atoms with Crippen LogP contribution in [-0.4, -0.2) is 17.8 Å². The lowest BCUT2D eigenvalue weighted by Gasteiger charge is -2.28. The van der Waals surface area contributed by atoms with E-state index in [0.717, 1.165) is 18.7 Å². The molecule has 1 aromatic carbocycles. The standard InChI is InChI=1S/C15H22N2/c1-15(2,3)10-9-14-16-13-8-6-5-7-12(13)11-17(14)4/h5-8H,9-11H2,1-4H3. The van der Waals surface area contributed by atoms with Crippen molar-refractivity contribution < 1.29 is 0 Å². The molecule has 0 unspecified atom stereocenters. The van der Waals surface area contributed by atoms with Gasteiger partial charge in [0.1, 0.15) is 5.84 Å². The third-order valence-electron chi connectivity index (χ3n) is 3.19. The molecule has 2 nitrogen and oxygen atoms in total. The van der Waals surface area contributed by atoms with Gasteiger partial charge in [-0.15, -0.1) is 0 Å². The fourth-order valence-corrected chi connectivity index (χ4v) is 2.06. The van der Waals surface area contributed by atoms with E-state index in [1.54, 1.807) is 0 Å². The molecule has 0 atom stereocenters. The molecule has 0 aliphatic carbocycles.